The average molecular weight is 320 g/mol. The molecule has 3 aromatic carbocycles. The number of carbonyl (C=O) groups is 1. The number of rotatable bonds is 4. The second-order valence-corrected chi connectivity index (χ2v) is 5.54. The van der Waals surface area contributed by atoms with Gasteiger partial charge >= 0.3 is 5.97 Å². The van der Waals surface area contributed by atoms with Gasteiger partial charge in [-0.1, -0.05) is 54.6 Å². The molecule has 3 aromatic rings. The van der Waals surface area contributed by atoms with Crippen LogP contribution in [0.15, 0.2) is 78.9 Å². The van der Waals surface area contributed by atoms with E-state index < -0.39 is 12.1 Å². The third-order valence-electron chi connectivity index (χ3n) is 3.85. The average Bonchev–Trinajstić information content (AvgIpc) is 2.63. The summed E-state index contributed by atoms with van der Waals surface area (Å²) in [7, 11) is 0. The Labute approximate surface area is 140 Å². The molecule has 0 bridgehead atoms. The van der Waals surface area contributed by atoms with Crippen molar-refractivity contribution in [2.75, 3.05) is 0 Å². The van der Waals surface area contributed by atoms with E-state index in [1.165, 1.54) is 12.1 Å². The summed E-state index contributed by atoms with van der Waals surface area (Å²) in [4.78, 5) is 12.2. The lowest BCUT2D eigenvalue weighted by atomic mass is 10.0. The second kappa shape index (κ2) is 7.09. The summed E-state index contributed by atoms with van der Waals surface area (Å²) in [6.07, 6.45) is -0.438. The van der Waals surface area contributed by atoms with Crippen LogP contribution in [-0.4, -0.2) is 5.97 Å². The fourth-order valence-electron chi connectivity index (χ4n) is 2.46. The quantitative estimate of drug-likeness (QED) is 0.601. The molecule has 2 nitrogen and oxygen atoms in total. The van der Waals surface area contributed by atoms with Crippen LogP contribution < -0.4 is 0 Å². The molecule has 24 heavy (non-hydrogen) atoms. The number of esters is 1. The SMILES string of the molecule is C[C@H](OC(=O)c1ccc(-c2ccccc2)cc1)c1ccc(F)cc1. The van der Waals surface area contributed by atoms with E-state index in [1.54, 1.807) is 31.2 Å². The van der Waals surface area contributed by atoms with E-state index in [2.05, 4.69) is 0 Å². The molecule has 3 rings (SSSR count). The van der Waals surface area contributed by atoms with Crippen LogP contribution in [-0.2, 0) is 4.74 Å². The van der Waals surface area contributed by atoms with E-state index in [-0.39, 0.29) is 5.82 Å². The Morgan fingerprint density at radius 1 is 0.833 bits per heavy atom. The van der Waals surface area contributed by atoms with Gasteiger partial charge in [0.1, 0.15) is 11.9 Å². The van der Waals surface area contributed by atoms with Crippen molar-refractivity contribution in [3.63, 3.8) is 0 Å². The molecule has 3 heteroatoms. The highest BCUT2D eigenvalue weighted by atomic mass is 19.1. The first-order valence-electron chi connectivity index (χ1n) is 7.75. The van der Waals surface area contributed by atoms with Crippen LogP contribution in [0.1, 0.15) is 28.9 Å². The molecule has 0 spiro atoms. The van der Waals surface area contributed by atoms with Gasteiger partial charge in [-0.2, -0.15) is 0 Å². The van der Waals surface area contributed by atoms with Crippen molar-refractivity contribution in [3.8, 4) is 11.1 Å². The fourth-order valence-corrected chi connectivity index (χ4v) is 2.46. The molecule has 0 N–H and O–H groups in total. The lowest BCUT2D eigenvalue weighted by Crippen LogP contribution is -2.09. The minimum Gasteiger partial charge on any atom is -0.454 e. The van der Waals surface area contributed by atoms with Crippen LogP contribution in [0.5, 0.6) is 0 Å². The van der Waals surface area contributed by atoms with Gasteiger partial charge in [0.2, 0.25) is 0 Å². The molecule has 0 amide bonds. The highest BCUT2D eigenvalue weighted by Gasteiger charge is 2.14. The van der Waals surface area contributed by atoms with E-state index in [0.717, 1.165) is 16.7 Å². The monoisotopic (exact) mass is 320 g/mol. The van der Waals surface area contributed by atoms with E-state index in [4.69, 9.17) is 4.74 Å². The Morgan fingerprint density at radius 2 is 1.42 bits per heavy atom. The van der Waals surface area contributed by atoms with Gasteiger partial charge in [-0.05, 0) is 47.9 Å². The molecule has 0 saturated carbocycles. The third kappa shape index (κ3) is 3.69. The largest absolute Gasteiger partial charge is 0.454 e. The molecule has 0 saturated heterocycles. The Hall–Kier alpha value is -2.94. The Balaban J connectivity index is 1.70. The molecule has 0 fully saturated rings. The van der Waals surface area contributed by atoms with Gasteiger partial charge in [-0.15, -0.1) is 0 Å². The summed E-state index contributed by atoms with van der Waals surface area (Å²) in [5, 5.41) is 0. The molecule has 0 unspecified atom stereocenters. The predicted molar refractivity (Wildman–Crippen MR) is 92.1 cm³/mol. The van der Waals surface area contributed by atoms with Crippen molar-refractivity contribution in [3.05, 3.63) is 95.8 Å². The molecule has 0 aliphatic carbocycles. The maximum absolute atomic E-state index is 12.9. The van der Waals surface area contributed by atoms with Gasteiger partial charge in [-0.3, -0.25) is 0 Å². The van der Waals surface area contributed by atoms with Gasteiger partial charge in [0, 0.05) is 0 Å². The van der Waals surface area contributed by atoms with Crippen molar-refractivity contribution < 1.29 is 13.9 Å². The highest BCUT2D eigenvalue weighted by Crippen LogP contribution is 2.22. The summed E-state index contributed by atoms with van der Waals surface area (Å²) in [5.74, 6) is -0.708. The Morgan fingerprint density at radius 3 is 2.04 bits per heavy atom. The van der Waals surface area contributed by atoms with Gasteiger partial charge in [-0.25, -0.2) is 9.18 Å². The van der Waals surface area contributed by atoms with Crippen LogP contribution in [0.4, 0.5) is 4.39 Å². The first kappa shape index (κ1) is 15.9. The lowest BCUT2D eigenvalue weighted by Gasteiger charge is -2.14. The molecule has 0 radical (unpaired) electrons. The Bertz CT molecular complexity index is 809. The number of halogens is 1. The zero-order chi connectivity index (χ0) is 16.9. The molecule has 0 aliphatic heterocycles. The molecule has 0 aromatic heterocycles. The molecule has 1 atom stereocenters. The number of benzene rings is 3. The smallest absolute Gasteiger partial charge is 0.338 e. The number of hydrogen-bond acceptors (Lipinski definition) is 2. The maximum Gasteiger partial charge on any atom is 0.338 e. The number of ether oxygens (including phenoxy) is 1. The molecule has 0 heterocycles. The van der Waals surface area contributed by atoms with Crippen molar-refractivity contribution in [1.82, 2.24) is 0 Å². The summed E-state index contributed by atoms with van der Waals surface area (Å²) in [5.41, 5.74) is 3.38. The summed E-state index contributed by atoms with van der Waals surface area (Å²) in [6.45, 7) is 1.77. The topological polar surface area (TPSA) is 26.3 Å². The van der Waals surface area contributed by atoms with Crippen LogP contribution in [0, 0.1) is 5.82 Å². The molecular formula is C21H17FO2. The van der Waals surface area contributed by atoms with E-state index in [9.17, 15) is 9.18 Å². The van der Waals surface area contributed by atoms with Crippen molar-refractivity contribution in [2.45, 2.75) is 13.0 Å². The summed E-state index contributed by atoms with van der Waals surface area (Å²) < 4.78 is 18.4. The second-order valence-electron chi connectivity index (χ2n) is 5.54. The van der Waals surface area contributed by atoms with Crippen molar-refractivity contribution in [2.24, 2.45) is 0 Å². The first-order chi connectivity index (χ1) is 11.6. The lowest BCUT2D eigenvalue weighted by molar-refractivity contribution is 0.0338. The van der Waals surface area contributed by atoms with Crippen molar-refractivity contribution >= 4 is 5.97 Å². The number of carbonyl (C=O) groups excluding carboxylic acids is 1. The summed E-state index contributed by atoms with van der Waals surface area (Å²) >= 11 is 0. The normalized spacial score (nSPS) is 11.8. The van der Waals surface area contributed by atoms with Crippen LogP contribution in [0.2, 0.25) is 0 Å². The van der Waals surface area contributed by atoms with Crippen LogP contribution >= 0.6 is 0 Å². The van der Waals surface area contributed by atoms with E-state index in [0.29, 0.717) is 5.56 Å². The number of hydrogen-bond donors (Lipinski definition) is 0. The predicted octanol–water partition coefficient (Wildman–Crippen LogP) is 5.41. The minimum absolute atomic E-state index is 0.311. The zero-order valence-electron chi connectivity index (χ0n) is 13.3. The minimum atomic E-state index is -0.438. The third-order valence-corrected chi connectivity index (χ3v) is 3.85. The molecular weight excluding hydrogens is 303 g/mol. The first-order valence-corrected chi connectivity index (χ1v) is 7.75. The van der Waals surface area contributed by atoms with Gasteiger partial charge < -0.3 is 4.74 Å². The molecule has 0 aliphatic rings. The van der Waals surface area contributed by atoms with E-state index >= 15 is 0 Å². The highest BCUT2D eigenvalue weighted by molar-refractivity contribution is 5.90. The summed E-state index contributed by atoms with van der Waals surface area (Å²) in [6, 6.07) is 23.2. The van der Waals surface area contributed by atoms with Crippen LogP contribution in [0.25, 0.3) is 11.1 Å². The molecule has 120 valence electrons. The maximum atomic E-state index is 12.9. The standard InChI is InChI=1S/C21H17FO2/c1-15(16-11-13-20(22)14-12-16)24-21(23)19-9-7-18(8-10-19)17-5-3-2-4-6-17/h2-15H,1H3/t15-/m0/s1. The van der Waals surface area contributed by atoms with E-state index in [1.807, 2.05) is 42.5 Å². The van der Waals surface area contributed by atoms with Crippen LogP contribution in [0.3, 0.4) is 0 Å². The van der Waals surface area contributed by atoms with Crippen molar-refractivity contribution in [1.29, 1.82) is 0 Å². The Kier molecular flexibility index (Phi) is 4.71. The van der Waals surface area contributed by atoms with Gasteiger partial charge in [0.15, 0.2) is 0 Å². The fraction of sp³-hybridized carbons (Fsp3) is 0.0952. The van der Waals surface area contributed by atoms with Gasteiger partial charge in [0.05, 0.1) is 5.56 Å². The zero-order valence-corrected chi connectivity index (χ0v) is 13.3. The van der Waals surface area contributed by atoms with Gasteiger partial charge in [0.25, 0.3) is 0 Å².